The number of esters is 2. The minimum Gasteiger partial charge on any atom is -0.465 e. The number of benzene rings is 1. The molecule has 0 saturated carbocycles. The maximum atomic E-state index is 11.9. The summed E-state index contributed by atoms with van der Waals surface area (Å²) in [6, 6.07) is 2.64. The van der Waals surface area contributed by atoms with Gasteiger partial charge in [-0.1, -0.05) is 11.5 Å². The Hall–Kier alpha value is -2.58. The van der Waals surface area contributed by atoms with Crippen molar-refractivity contribution < 1.29 is 24.0 Å². The number of carbonyl (C=O) groups excluding carboxylic acids is 2. The fraction of sp³-hybridized carbons (Fsp3) is 0.429. The van der Waals surface area contributed by atoms with E-state index in [0.29, 0.717) is 0 Å². The van der Waals surface area contributed by atoms with Crippen LogP contribution in [0.2, 0.25) is 0 Å². The third kappa shape index (κ3) is 3.99. The number of methoxy groups -OCH3 is 1. The van der Waals surface area contributed by atoms with E-state index in [1.165, 1.54) is 26.0 Å². The summed E-state index contributed by atoms with van der Waals surface area (Å²) in [5.41, 5.74) is -2.31. The average Bonchev–Trinajstić information content (AvgIpc) is 2.47. The highest BCUT2D eigenvalue weighted by atomic mass is 16.6. The van der Waals surface area contributed by atoms with Gasteiger partial charge in [0, 0.05) is 0 Å². The van der Waals surface area contributed by atoms with Crippen LogP contribution in [0.4, 0.5) is 11.4 Å². The highest BCUT2D eigenvalue weighted by Gasteiger charge is 2.34. The number of hydrogen-bond donors (Lipinski definition) is 1. The van der Waals surface area contributed by atoms with Crippen molar-refractivity contribution in [2.24, 2.45) is 0 Å². The van der Waals surface area contributed by atoms with Gasteiger partial charge in [0.2, 0.25) is 0 Å². The van der Waals surface area contributed by atoms with Crippen molar-refractivity contribution in [1.29, 1.82) is 0 Å². The van der Waals surface area contributed by atoms with Crippen LogP contribution in [0.3, 0.4) is 0 Å². The first-order chi connectivity index (χ1) is 10.7. The molecule has 122 valence electrons. The lowest BCUT2D eigenvalue weighted by molar-refractivity contribution is -0.384. The van der Waals surface area contributed by atoms with Crippen LogP contribution in [-0.2, 0) is 14.3 Å². The van der Waals surface area contributed by atoms with E-state index in [1.54, 1.807) is 6.92 Å². The molecule has 0 atom stereocenters. The predicted molar refractivity (Wildman–Crippen MR) is 84.2 cm³/mol. The molecule has 1 aromatic rings. The topological polar surface area (TPSA) is 108 Å². The Bertz CT molecular complexity index is 644. The van der Waals surface area contributed by atoms with E-state index in [0.717, 1.165) is 7.11 Å². The summed E-state index contributed by atoms with van der Waals surface area (Å²) < 4.78 is 9.45. The minimum absolute atomic E-state index is 0.0392. The van der Waals surface area contributed by atoms with Crippen LogP contribution in [0.25, 0.3) is 0 Å². The van der Waals surface area contributed by atoms with Crippen LogP contribution in [-0.4, -0.2) is 44.0 Å². The second kappa shape index (κ2) is 7.12. The molecule has 0 unspecified atom stereocenters. The maximum Gasteiger partial charge on any atom is 0.344 e. The minimum atomic E-state index is -1.25. The van der Waals surface area contributed by atoms with Gasteiger partial charge < -0.3 is 14.8 Å². The Balaban J connectivity index is 3.40. The number of carbonyl (C=O) groups is 2. The van der Waals surface area contributed by atoms with Crippen molar-refractivity contribution in [2.75, 3.05) is 19.0 Å². The summed E-state index contributed by atoms with van der Waals surface area (Å²) in [6.07, 6.45) is 0. The van der Waals surface area contributed by atoms with Gasteiger partial charge in [-0.15, -0.1) is 0 Å². The van der Waals surface area contributed by atoms with Crippen molar-refractivity contribution in [3.8, 4) is 0 Å². The predicted octanol–water partition coefficient (Wildman–Crippen LogP) is 0.929. The second-order valence-corrected chi connectivity index (χ2v) is 5.15. The standard InChI is InChI=1S/C14H17BN2O6/c1-5-23-13(19)14(2,3)16-9-7-6-8(15)10(12(18)22-4)11(9)17(20)21/h6-7,16H,5H2,1-4H3. The first kappa shape index (κ1) is 18.5. The van der Waals surface area contributed by atoms with Gasteiger partial charge in [-0.05, 0) is 26.8 Å². The van der Waals surface area contributed by atoms with Crippen molar-refractivity contribution in [3.05, 3.63) is 27.8 Å². The molecule has 0 fully saturated rings. The molecule has 23 heavy (non-hydrogen) atoms. The van der Waals surface area contributed by atoms with Crippen LogP contribution < -0.4 is 10.8 Å². The molecule has 8 nitrogen and oxygen atoms in total. The fourth-order valence-corrected chi connectivity index (χ4v) is 1.91. The van der Waals surface area contributed by atoms with E-state index < -0.39 is 28.1 Å². The molecule has 0 amide bonds. The van der Waals surface area contributed by atoms with Gasteiger partial charge in [-0.3, -0.25) is 10.1 Å². The Kier molecular flexibility index (Phi) is 5.72. The molecule has 0 aromatic heterocycles. The Morgan fingerprint density at radius 3 is 2.48 bits per heavy atom. The summed E-state index contributed by atoms with van der Waals surface area (Å²) >= 11 is 0. The van der Waals surface area contributed by atoms with Crippen molar-refractivity contribution in [1.82, 2.24) is 0 Å². The molecule has 1 rings (SSSR count). The summed E-state index contributed by atoms with van der Waals surface area (Å²) in [6.45, 7) is 4.82. The molecule has 9 heteroatoms. The molecule has 1 N–H and O–H groups in total. The largest absolute Gasteiger partial charge is 0.465 e. The molecule has 0 heterocycles. The molecule has 0 spiro atoms. The lowest BCUT2D eigenvalue weighted by Gasteiger charge is -2.25. The van der Waals surface area contributed by atoms with Crippen LogP contribution in [0, 0.1) is 10.1 Å². The van der Waals surface area contributed by atoms with Gasteiger partial charge in [-0.2, -0.15) is 0 Å². The van der Waals surface area contributed by atoms with E-state index in [-0.39, 0.29) is 23.3 Å². The van der Waals surface area contributed by atoms with Crippen molar-refractivity contribution in [2.45, 2.75) is 26.3 Å². The molecular formula is C14H17BN2O6. The van der Waals surface area contributed by atoms with E-state index in [2.05, 4.69) is 10.1 Å². The van der Waals surface area contributed by atoms with Gasteiger partial charge in [0.05, 0.1) is 18.6 Å². The van der Waals surface area contributed by atoms with Gasteiger partial charge in [0.25, 0.3) is 0 Å². The van der Waals surface area contributed by atoms with E-state index in [1.807, 2.05) is 0 Å². The molecular weight excluding hydrogens is 303 g/mol. The van der Waals surface area contributed by atoms with Gasteiger partial charge in [0.15, 0.2) is 0 Å². The third-order valence-electron chi connectivity index (χ3n) is 3.02. The van der Waals surface area contributed by atoms with Crippen LogP contribution in [0.15, 0.2) is 12.1 Å². The maximum absolute atomic E-state index is 11.9. The SMILES string of the molecule is [B]c1ccc(NC(C)(C)C(=O)OCC)c([N+](=O)[O-])c1C(=O)OC. The Labute approximate surface area is 134 Å². The molecule has 0 aliphatic carbocycles. The summed E-state index contributed by atoms with van der Waals surface area (Å²) in [4.78, 5) is 34.3. The number of nitrogens with zero attached hydrogens (tertiary/aromatic N) is 1. The Morgan fingerprint density at radius 1 is 1.39 bits per heavy atom. The molecule has 0 aliphatic heterocycles. The number of nitro groups is 1. The number of hydrogen-bond acceptors (Lipinski definition) is 7. The van der Waals surface area contributed by atoms with E-state index in [4.69, 9.17) is 12.6 Å². The molecule has 0 saturated heterocycles. The van der Waals surface area contributed by atoms with Crippen molar-refractivity contribution in [3.63, 3.8) is 0 Å². The lowest BCUT2D eigenvalue weighted by Crippen LogP contribution is -2.42. The smallest absolute Gasteiger partial charge is 0.344 e. The van der Waals surface area contributed by atoms with Crippen LogP contribution in [0.5, 0.6) is 0 Å². The number of rotatable bonds is 6. The molecule has 0 bridgehead atoms. The summed E-state index contributed by atoms with van der Waals surface area (Å²) in [7, 11) is 6.74. The quantitative estimate of drug-likeness (QED) is 0.359. The van der Waals surface area contributed by atoms with Crippen molar-refractivity contribution >= 4 is 36.6 Å². The second-order valence-electron chi connectivity index (χ2n) is 5.15. The first-order valence-corrected chi connectivity index (χ1v) is 6.76. The van der Waals surface area contributed by atoms with Crippen LogP contribution in [0.1, 0.15) is 31.1 Å². The zero-order valence-electron chi connectivity index (χ0n) is 13.3. The number of nitrogens with one attached hydrogen (secondary N) is 1. The van der Waals surface area contributed by atoms with Gasteiger partial charge >= 0.3 is 17.6 Å². The lowest BCUT2D eigenvalue weighted by atomic mass is 9.88. The molecule has 1 aromatic carbocycles. The number of ether oxygens (including phenoxy) is 2. The third-order valence-corrected chi connectivity index (χ3v) is 3.02. The summed E-state index contributed by atoms with van der Waals surface area (Å²) in [5.74, 6) is -1.53. The normalized spacial score (nSPS) is 10.8. The monoisotopic (exact) mass is 320 g/mol. The van der Waals surface area contributed by atoms with Crippen LogP contribution >= 0.6 is 0 Å². The highest BCUT2D eigenvalue weighted by molar-refractivity contribution is 6.37. The van der Waals surface area contributed by atoms with Gasteiger partial charge in [0.1, 0.15) is 24.6 Å². The van der Waals surface area contributed by atoms with E-state index >= 15 is 0 Å². The average molecular weight is 320 g/mol. The highest BCUT2D eigenvalue weighted by Crippen LogP contribution is 2.30. The van der Waals surface area contributed by atoms with E-state index in [9.17, 15) is 19.7 Å². The zero-order valence-corrected chi connectivity index (χ0v) is 13.3. The number of nitro benzene ring substituents is 1. The molecule has 2 radical (unpaired) electrons. The zero-order chi connectivity index (χ0) is 17.8. The van der Waals surface area contributed by atoms with Gasteiger partial charge in [-0.25, -0.2) is 9.59 Å². The Morgan fingerprint density at radius 2 is 2.00 bits per heavy atom. The first-order valence-electron chi connectivity index (χ1n) is 6.76. The number of anilines is 1. The fourth-order valence-electron chi connectivity index (χ4n) is 1.91. The molecule has 0 aliphatic rings. The summed E-state index contributed by atoms with van der Waals surface area (Å²) in [5, 5.41) is 14.1.